The smallest absolute Gasteiger partial charge is 0.354 e. The Morgan fingerprint density at radius 3 is 2.46 bits per heavy atom. The summed E-state index contributed by atoms with van der Waals surface area (Å²) in [5, 5.41) is 5.22. The van der Waals surface area contributed by atoms with Crippen molar-refractivity contribution in [3.05, 3.63) is 56.0 Å². The quantitative estimate of drug-likeness (QED) is 0.441. The molecule has 1 atom stereocenters. The van der Waals surface area contributed by atoms with Gasteiger partial charge in [-0.2, -0.15) is 13.2 Å². The van der Waals surface area contributed by atoms with E-state index in [-0.39, 0.29) is 67.8 Å². The third kappa shape index (κ3) is 6.22. The summed E-state index contributed by atoms with van der Waals surface area (Å²) in [6, 6.07) is 2.02. The number of alkyl halides is 4. The standard InChI is InChI=1S/C28H34ClF4N5O3/c1-5-34-25(41)27(30)10-8-18(9-11-27)38-24(40)19-12-16(4)37(14-22(19)36-26(38)35-15(2)3)23(39)17-6-7-21(29)20(13-17)28(31,32)33/h6-7,13,15-16,18H,5,8-12,14H2,1-4H3,(H,34,41)(H,35,36)/t16-,18?,27?/m1/s1. The van der Waals surface area contributed by atoms with E-state index in [1.165, 1.54) is 15.5 Å². The van der Waals surface area contributed by atoms with Gasteiger partial charge in [0.15, 0.2) is 5.67 Å². The highest BCUT2D eigenvalue weighted by Gasteiger charge is 2.43. The average molecular weight is 600 g/mol. The Labute approximate surface area is 240 Å². The first-order valence-electron chi connectivity index (χ1n) is 13.7. The average Bonchev–Trinajstić information content (AvgIpc) is 2.89. The fraction of sp³-hybridized carbons (Fsp3) is 0.571. The molecule has 2 heterocycles. The summed E-state index contributed by atoms with van der Waals surface area (Å²) in [6.45, 7) is 7.43. The molecule has 41 heavy (non-hydrogen) atoms. The minimum Gasteiger partial charge on any atom is -0.354 e. The predicted octanol–water partition coefficient (Wildman–Crippen LogP) is 5.28. The molecule has 4 rings (SSSR count). The minimum atomic E-state index is -4.72. The van der Waals surface area contributed by atoms with E-state index in [0.717, 1.165) is 12.1 Å². The van der Waals surface area contributed by atoms with Gasteiger partial charge < -0.3 is 15.5 Å². The molecule has 2 aliphatic rings. The highest BCUT2D eigenvalue weighted by molar-refractivity contribution is 6.31. The van der Waals surface area contributed by atoms with Crippen LogP contribution in [-0.2, 0) is 23.9 Å². The van der Waals surface area contributed by atoms with Gasteiger partial charge in [-0.1, -0.05) is 11.6 Å². The van der Waals surface area contributed by atoms with Gasteiger partial charge in [-0.3, -0.25) is 19.0 Å². The number of rotatable bonds is 6. The van der Waals surface area contributed by atoms with Crippen molar-refractivity contribution >= 4 is 29.4 Å². The van der Waals surface area contributed by atoms with Gasteiger partial charge >= 0.3 is 6.18 Å². The van der Waals surface area contributed by atoms with Crippen molar-refractivity contribution in [2.45, 2.75) is 96.3 Å². The molecule has 1 aromatic carbocycles. The van der Waals surface area contributed by atoms with Gasteiger partial charge in [-0.05, 0) is 78.0 Å². The van der Waals surface area contributed by atoms with Gasteiger partial charge in [-0.15, -0.1) is 0 Å². The number of amides is 2. The van der Waals surface area contributed by atoms with Crippen LogP contribution in [0.15, 0.2) is 23.0 Å². The van der Waals surface area contributed by atoms with Crippen LogP contribution in [0.25, 0.3) is 0 Å². The molecule has 0 bridgehead atoms. The summed E-state index contributed by atoms with van der Waals surface area (Å²) in [6.07, 6.45) is -4.12. The van der Waals surface area contributed by atoms with E-state index < -0.39 is 40.3 Å². The van der Waals surface area contributed by atoms with Crippen LogP contribution in [0.5, 0.6) is 0 Å². The molecule has 0 spiro atoms. The van der Waals surface area contributed by atoms with E-state index in [9.17, 15) is 27.6 Å². The molecule has 1 saturated carbocycles. The van der Waals surface area contributed by atoms with Crippen molar-refractivity contribution in [2.24, 2.45) is 0 Å². The van der Waals surface area contributed by atoms with E-state index in [0.29, 0.717) is 17.8 Å². The molecule has 224 valence electrons. The minimum absolute atomic E-state index is 0.0339. The van der Waals surface area contributed by atoms with Gasteiger partial charge in [0, 0.05) is 35.8 Å². The Morgan fingerprint density at radius 2 is 1.88 bits per heavy atom. The number of hydrogen-bond acceptors (Lipinski definition) is 5. The molecule has 0 unspecified atom stereocenters. The Kier molecular flexibility index (Phi) is 8.73. The Balaban J connectivity index is 1.66. The van der Waals surface area contributed by atoms with Crippen molar-refractivity contribution in [1.82, 2.24) is 19.8 Å². The number of nitrogens with zero attached hydrogens (tertiary/aromatic N) is 3. The largest absolute Gasteiger partial charge is 0.417 e. The van der Waals surface area contributed by atoms with Crippen LogP contribution in [0.1, 0.15) is 86.6 Å². The number of halogens is 5. The Bertz CT molecular complexity index is 1390. The Hall–Kier alpha value is -3.15. The molecule has 8 nitrogen and oxygen atoms in total. The van der Waals surface area contributed by atoms with Crippen LogP contribution < -0.4 is 16.2 Å². The second kappa shape index (κ2) is 11.6. The zero-order valence-corrected chi connectivity index (χ0v) is 24.1. The van der Waals surface area contributed by atoms with Crippen molar-refractivity contribution in [3.63, 3.8) is 0 Å². The number of carbonyl (C=O) groups is 2. The first kappa shape index (κ1) is 30.8. The zero-order chi connectivity index (χ0) is 30.3. The van der Waals surface area contributed by atoms with Crippen LogP contribution in [-0.4, -0.2) is 50.6 Å². The lowest BCUT2D eigenvalue weighted by Crippen LogP contribution is -2.48. The third-order valence-corrected chi connectivity index (χ3v) is 8.03. The number of aromatic nitrogens is 2. The number of anilines is 1. The molecule has 0 saturated heterocycles. The first-order chi connectivity index (χ1) is 19.2. The summed E-state index contributed by atoms with van der Waals surface area (Å²) < 4.78 is 57.1. The van der Waals surface area contributed by atoms with E-state index in [1.807, 2.05) is 13.8 Å². The summed E-state index contributed by atoms with van der Waals surface area (Å²) in [7, 11) is 0. The van der Waals surface area contributed by atoms with Crippen molar-refractivity contribution in [1.29, 1.82) is 0 Å². The lowest BCUT2D eigenvalue weighted by Gasteiger charge is -2.37. The second-order valence-electron chi connectivity index (χ2n) is 11.1. The molecular weight excluding hydrogens is 566 g/mol. The van der Waals surface area contributed by atoms with Crippen LogP contribution >= 0.6 is 11.6 Å². The first-order valence-corrected chi connectivity index (χ1v) is 14.1. The normalized spacial score (nSPS) is 22.8. The van der Waals surface area contributed by atoms with Gasteiger partial charge in [-0.25, -0.2) is 9.37 Å². The van der Waals surface area contributed by atoms with Crippen LogP contribution in [0.2, 0.25) is 5.02 Å². The number of benzene rings is 1. The van der Waals surface area contributed by atoms with E-state index in [4.69, 9.17) is 16.6 Å². The SMILES string of the molecule is CCNC(=O)C1(F)CCC(n2c(NC(C)C)nc3c(c2=O)C[C@@H](C)N(C(=O)c2ccc(Cl)c(C(F)(F)F)c2)C3)CC1. The van der Waals surface area contributed by atoms with Crippen molar-refractivity contribution in [2.75, 3.05) is 11.9 Å². The number of fused-ring (bicyclic) bond motifs is 1. The topological polar surface area (TPSA) is 96.3 Å². The molecule has 2 amide bonds. The van der Waals surface area contributed by atoms with E-state index in [2.05, 4.69) is 10.6 Å². The molecule has 2 aromatic rings. The molecule has 2 N–H and O–H groups in total. The van der Waals surface area contributed by atoms with Gasteiger partial charge in [0.25, 0.3) is 17.4 Å². The lowest BCUT2D eigenvalue weighted by atomic mass is 9.82. The van der Waals surface area contributed by atoms with Crippen molar-refractivity contribution < 1.29 is 27.2 Å². The molecule has 1 aromatic heterocycles. The molecule has 0 radical (unpaired) electrons. The van der Waals surface area contributed by atoms with Gasteiger partial charge in [0.05, 0.1) is 22.8 Å². The monoisotopic (exact) mass is 599 g/mol. The fourth-order valence-electron chi connectivity index (χ4n) is 5.55. The molecule has 1 aliphatic heterocycles. The maximum Gasteiger partial charge on any atom is 0.417 e. The van der Waals surface area contributed by atoms with Crippen LogP contribution in [0.3, 0.4) is 0 Å². The van der Waals surface area contributed by atoms with Crippen molar-refractivity contribution in [3.8, 4) is 0 Å². The lowest BCUT2D eigenvalue weighted by molar-refractivity contribution is -0.137. The molecule has 1 aliphatic carbocycles. The highest BCUT2D eigenvalue weighted by atomic mass is 35.5. The highest BCUT2D eigenvalue weighted by Crippen LogP contribution is 2.39. The van der Waals surface area contributed by atoms with Gasteiger partial charge in [0.1, 0.15) is 0 Å². The number of nitrogens with one attached hydrogen (secondary N) is 2. The summed E-state index contributed by atoms with van der Waals surface area (Å²) in [5.74, 6) is -1.01. The van der Waals surface area contributed by atoms with E-state index in [1.54, 1.807) is 13.8 Å². The number of hydrogen-bond donors (Lipinski definition) is 2. The molecule has 1 fully saturated rings. The van der Waals surface area contributed by atoms with Gasteiger partial charge in [0.2, 0.25) is 5.95 Å². The van der Waals surface area contributed by atoms with E-state index >= 15 is 4.39 Å². The summed E-state index contributed by atoms with van der Waals surface area (Å²) in [5.41, 5.74) is -2.82. The third-order valence-electron chi connectivity index (χ3n) is 7.70. The molecular formula is C28H34ClF4N5O3. The maximum absolute atomic E-state index is 15.3. The predicted molar refractivity (Wildman–Crippen MR) is 147 cm³/mol. The fourth-order valence-corrected chi connectivity index (χ4v) is 5.77. The van der Waals surface area contributed by atoms with Crippen LogP contribution in [0, 0.1) is 0 Å². The maximum atomic E-state index is 15.3. The molecule has 13 heteroatoms. The summed E-state index contributed by atoms with van der Waals surface area (Å²) >= 11 is 5.73. The summed E-state index contributed by atoms with van der Waals surface area (Å²) in [4.78, 5) is 45.6. The Morgan fingerprint density at radius 1 is 1.22 bits per heavy atom. The van der Waals surface area contributed by atoms with Crippen LogP contribution in [0.4, 0.5) is 23.5 Å². The number of carbonyl (C=O) groups excluding carboxylic acids is 2. The zero-order valence-electron chi connectivity index (χ0n) is 23.4. The second-order valence-corrected chi connectivity index (χ2v) is 11.5.